The molecule has 3 nitrogen and oxygen atoms in total. The highest BCUT2D eigenvalue weighted by molar-refractivity contribution is 5.34. The van der Waals surface area contributed by atoms with Crippen molar-refractivity contribution in [3.63, 3.8) is 0 Å². The number of methoxy groups -OCH3 is 1. The van der Waals surface area contributed by atoms with Crippen molar-refractivity contribution in [2.45, 2.75) is 12.3 Å². The number of nitriles is 1. The molecule has 1 aromatic carbocycles. The molecule has 0 saturated carbocycles. The van der Waals surface area contributed by atoms with Crippen molar-refractivity contribution in [1.82, 2.24) is 0 Å². The lowest BCUT2D eigenvalue weighted by Gasteiger charge is -2.12. The molecule has 74 valence electrons. The predicted molar refractivity (Wildman–Crippen MR) is 48.4 cm³/mol. The van der Waals surface area contributed by atoms with E-state index in [-0.39, 0.29) is 0 Å². The van der Waals surface area contributed by atoms with Crippen LogP contribution in [0.15, 0.2) is 24.3 Å². The summed E-state index contributed by atoms with van der Waals surface area (Å²) in [4.78, 5) is 0. The first-order valence-electron chi connectivity index (χ1n) is 4.03. The Morgan fingerprint density at radius 2 is 2.21 bits per heavy atom. The normalized spacial score (nSPS) is 14.1. The van der Waals surface area contributed by atoms with E-state index < -0.39 is 12.3 Å². The maximum atomic E-state index is 13.0. The fourth-order valence-electron chi connectivity index (χ4n) is 1.14. The van der Waals surface area contributed by atoms with Gasteiger partial charge in [-0.1, -0.05) is 18.2 Å². The zero-order valence-corrected chi connectivity index (χ0v) is 7.70. The Labute approximate surface area is 81.4 Å². The standard InChI is InChI=1S/C10H10FNO2/c1-14-9-5-3-2-4-8(9)6-10(11,13)7-12/h2-5,13H,6H2,1H3. The van der Waals surface area contributed by atoms with Crippen LogP contribution in [0.1, 0.15) is 5.56 Å². The van der Waals surface area contributed by atoms with Gasteiger partial charge in [-0.3, -0.25) is 0 Å². The zero-order chi connectivity index (χ0) is 10.6. The van der Waals surface area contributed by atoms with Gasteiger partial charge in [0.25, 0.3) is 5.85 Å². The highest BCUT2D eigenvalue weighted by Crippen LogP contribution is 2.23. The van der Waals surface area contributed by atoms with Gasteiger partial charge in [0, 0.05) is 12.0 Å². The summed E-state index contributed by atoms with van der Waals surface area (Å²) in [7, 11) is 1.45. The molecule has 0 amide bonds. The highest BCUT2D eigenvalue weighted by atomic mass is 19.2. The molecule has 1 unspecified atom stereocenters. The topological polar surface area (TPSA) is 53.2 Å². The van der Waals surface area contributed by atoms with Gasteiger partial charge in [0.2, 0.25) is 0 Å². The second-order valence-electron chi connectivity index (χ2n) is 2.86. The van der Waals surface area contributed by atoms with Crippen molar-refractivity contribution in [3.05, 3.63) is 29.8 Å². The molecule has 0 aliphatic rings. The number of rotatable bonds is 3. The van der Waals surface area contributed by atoms with Gasteiger partial charge in [0.1, 0.15) is 11.8 Å². The van der Waals surface area contributed by atoms with Crippen molar-refractivity contribution in [1.29, 1.82) is 5.26 Å². The SMILES string of the molecule is COc1ccccc1CC(O)(F)C#N. The molecule has 14 heavy (non-hydrogen) atoms. The first-order valence-corrected chi connectivity index (χ1v) is 4.03. The maximum Gasteiger partial charge on any atom is 0.298 e. The zero-order valence-electron chi connectivity index (χ0n) is 7.70. The molecule has 1 atom stereocenters. The first-order chi connectivity index (χ1) is 6.59. The third-order valence-electron chi connectivity index (χ3n) is 1.79. The van der Waals surface area contributed by atoms with E-state index in [2.05, 4.69) is 0 Å². The third kappa shape index (κ3) is 2.44. The summed E-state index contributed by atoms with van der Waals surface area (Å²) in [6.07, 6.45) is -0.395. The number of para-hydroxylation sites is 1. The molecule has 0 fully saturated rings. The van der Waals surface area contributed by atoms with E-state index in [1.54, 1.807) is 24.3 Å². The van der Waals surface area contributed by atoms with E-state index in [1.165, 1.54) is 13.2 Å². The predicted octanol–water partition coefficient (Wildman–Crippen LogP) is 1.42. The number of hydrogen-bond acceptors (Lipinski definition) is 3. The molecule has 1 rings (SSSR count). The minimum absolute atomic E-state index is 0.395. The Balaban J connectivity index is 2.92. The monoisotopic (exact) mass is 195 g/mol. The Hall–Kier alpha value is -1.60. The molecule has 1 aromatic rings. The van der Waals surface area contributed by atoms with Crippen LogP contribution in [0, 0.1) is 11.3 Å². The van der Waals surface area contributed by atoms with Crippen molar-refractivity contribution in [3.8, 4) is 11.8 Å². The lowest BCUT2D eigenvalue weighted by molar-refractivity contribution is -0.0326. The molecule has 4 heteroatoms. The minimum Gasteiger partial charge on any atom is -0.496 e. The van der Waals surface area contributed by atoms with Gasteiger partial charge in [0.05, 0.1) is 7.11 Å². The van der Waals surface area contributed by atoms with E-state index in [9.17, 15) is 4.39 Å². The summed E-state index contributed by atoms with van der Waals surface area (Å²) in [6, 6.07) is 7.83. The summed E-state index contributed by atoms with van der Waals surface area (Å²) in [5.41, 5.74) is 0.460. The molecule has 0 aliphatic heterocycles. The molecule has 0 aromatic heterocycles. The second kappa shape index (κ2) is 4.07. The van der Waals surface area contributed by atoms with Gasteiger partial charge in [-0.15, -0.1) is 0 Å². The summed E-state index contributed by atoms with van der Waals surface area (Å²) < 4.78 is 17.9. The van der Waals surface area contributed by atoms with Crippen LogP contribution in [-0.4, -0.2) is 18.1 Å². The van der Waals surface area contributed by atoms with E-state index in [0.717, 1.165) is 0 Å². The van der Waals surface area contributed by atoms with Crippen LogP contribution in [0.25, 0.3) is 0 Å². The lowest BCUT2D eigenvalue weighted by Crippen LogP contribution is -2.22. The summed E-state index contributed by atoms with van der Waals surface area (Å²) in [5.74, 6) is -2.38. The Morgan fingerprint density at radius 3 is 2.79 bits per heavy atom. The highest BCUT2D eigenvalue weighted by Gasteiger charge is 2.26. The molecular formula is C10H10FNO2. The van der Waals surface area contributed by atoms with Gasteiger partial charge in [-0.2, -0.15) is 9.65 Å². The van der Waals surface area contributed by atoms with Gasteiger partial charge >= 0.3 is 0 Å². The average molecular weight is 195 g/mol. The van der Waals surface area contributed by atoms with Crippen LogP contribution in [0.5, 0.6) is 5.75 Å². The van der Waals surface area contributed by atoms with E-state index >= 15 is 0 Å². The maximum absolute atomic E-state index is 13.0. The van der Waals surface area contributed by atoms with Gasteiger partial charge in [-0.25, -0.2) is 0 Å². The number of hydrogen-bond donors (Lipinski definition) is 1. The minimum atomic E-state index is -2.84. The van der Waals surface area contributed by atoms with E-state index in [0.29, 0.717) is 11.3 Å². The molecule has 1 N–H and O–H groups in total. The first kappa shape index (κ1) is 10.5. The summed E-state index contributed by atoms with van der Waals surface area (Å²) in [6.45, 7) is 0. The Bertz CT molecular complexity index is 357. The quantitative estimate of drug-likeness (QED) is 0.742. The van der Waals surface area contributed by atoms with Crippen molar-refractivity contribution in [2.24, 2.45) is 0 Å². The number of halogens is 1. The van der Waals surface area contributed by atoms with E-state index in [4.69, 9.17) is 15.1 Å². The Kier molecular flexibility index (Phi) is 3.05. The van der Waals surface area contributed by atoms with Gasteiger partial charge < -0.3 is 9.84 Å². The van der Waals surface area contributed by atoms with Crippen LogP contribution in [0.2, 0.25) is 0 Å². The lowest BCUT2D eigenvalue weighted by atomic mass is 10.1. The van der Waals surface area contributed by atoms with Crippen molar-refractivity contribution < 1.29 is 14.2 Å². The van der Waals surface area contributed by atoms with Crippen LogP contribution in [0.4, 0.5) is 4.39 Å². The van der Waals surface area contributed by atoms with Crippen LogP contribution < -0.4 is 4.74 Å². The summed E-state index contributed by atoms with van der Waals surface area (Å²) in [5, 5.41) is 17.2. The third-order valence-corrected chi connectivity index (χ3v) is 1.79. The van der Waals surface area contributed by atoms with Crippen LogP contribution >= 0.6 is 0 Å². The molecule has 0 spiro atoms. The smallest absolute Gasteiger partial charge is 0.298 e. The number of nitrogens with zero attached hydrogens (tertiary/aromatic N) is 1. The molecule has 0 saturated heterocycles. The van der Waals surface area contributed by atoms with E-state index in [1.807, 2.05) is 0 Å². The number of ether oxygens (including phenoxy) is 1. The fraction of sp³-hybridized carbons (Fsp3) is 0.300. The fourth-order valence-corrected chi connectivity index (χ4v) is 1.14. The molecule has 0 radical (unpaired) electrons. The number of aliphatic hydroxyl groups is 1. The number of alkyl halides is 1. The van der Waals surface area contributed by atoms with Gasteiger partial charge in [-0.05, 0) is 6.07 Å². The van der Waals surface area contributed by atoms with Crippen molar-refractivity contribution in [2.75, 3.05) is 7.11 Å². The average Bonchev–Trinajstić information content (AvgIpc) is 2.18. The molecule has 0 aliphatic carbocycles. The summed E-state index contributed by atoms with van der Waals surface area (Å²) >= 11 is 0. The molecular weight excluding hydrogens is 185 g/mol. The van der Waals surface area contributed by atoms with Crippen molar-refractivity contribution >= 4 is 0 Å². The van der Waals surface area contributed by atoms with Crippen LogP contribution in [0.3, 0.4) is 0 Å². The number of benzene rings is 1. The molecule has 0 bridgehead atoms. The van der Waals surface area contributed by atoms with Gasteiger partial charge in [0.15, 0.2) is 0 Å². The molecule has 0 heterocycles. The Morgan fingerprint density at radius 1 is 1.57 bits per heavy atom. The largest absolute Gasteiger partial charge is 0.496 e. The second-order valence-corrected chi connectivity index (χ2v) is 2.86. The van der Waals surface area contributed by atoms with Crippen LogP contribution in [-0.2, 0) is 6.42 Å².